The second kappa shape index (κ2) is 5.58. The highest BCUT2D eigenvalue weighted by atomic mass is 16.3. The summed E-state index contributed by atoms with van der Waals surface area (Å²) in [7, 11) is 0. The third kappa shape index (κ3) is 3.25. The highest BCUT2D eigenvalue weighted by Crippen LogP contribution is 2.07. The van der Waals surface area contributed by atoms with Crippen LogP contribution in [0.5, 0.6) is 5.75 Å². The Hall–Kier alpha value is -2.96. The fourth-order valence-corrected chi connectivity index (χ4v) is 1.29. The normalized spacial score (nSPS) is 10.5. The van der Waals surface area contributed by atoms with Gasteiger partial charge in [-0.25, -0.2) is 10.4 Å². The van der Waals surface area contributed by atoms with Gasteiger partial charge >= 0.3 is 0 Å². The van der Waals surface area contributed by atoms with E-state index < -0.39 is 11.5 Å². The number of benzene rings is 1. The maximum absolute atomic E-state index is 11.6. The van der Waals surface area contributed by atoms with Crippen LogP contribution in [-0.2, 0) is 0 Å². The number of H-pyrrole nitrogens is 1. The Morgan fingerprint density at radius 3 is 2.79 bits per heavy atom. The smallest absolute Gasteiger partial charge is 0.278 e. The number of carbonyl (C=O) groups is 1. The summed E-state index contributed by atoms with van der Waals surface area (Å²) >= 11 is 0. The second-order valence-corrected chi connectivity index (χ2v) is 3.59. The van der Waals surface area contributed by atoms with Gasteiger partial charge in [-0.1, -0.05) is 0 Å². The predicted molar refractivity (Wildman–Crippen MR) is 68.0 cm³/mol. The highest BCUT2D eigenvalue weighted by molar-refractivity contribution is 5.94. The van der Waals surface area contributed by atoms with E-state index >= 15 is 0 Å². The number of hydrogen-bond donors (Lipinski definition) is 3. The Morgan fingerprint density at radius 2 is 2.11 bits per heavy atom. The van der Waals surface area contributed by atoms with Crippen molar-refractivity contribution in [2.75, 3.05) is 0 Å². The molecular formula is C12H10N4O3. The highest BCUT2D eigenvalue weighted by Gasteiger charge is 2.08. The molecule has 0 aliphatic rings. The quantitative estimate of drug-likeness (QED) is 0.541. The number of aromatic amines is 1. The molecule has 96 valence electrons. The van der Waals surface area contributed by atoms with E-state index in [-0.39, 0.29) is 11.3 Å². The minimum absolute atomic E-state index is 0.120. The van der Waals surface area contributed by atoms with Crippen LogP contribution in [0.1, 0.15) is 15.9 Å². The maximum atomic E-state index is 11.6. The van der Waals surface area contributed by atoms with E-state index in [4.69, 9.17) is 5.11 Å². The molecule has 0 aliphatic carbocycles. The minimum Gasteiger partial charge on any atom is -0.508 e. The number of aromatic hydroxyl groups is 1. The van der Waals surface area contributed by atoms with Crippen LogP contribution < -0.4 is 11.0 Å². The van der Waals surface area contributed by atoms with Crippen LogP contribution in [0, 0.1) is 0 Å². The van der Waals surface area contributed by atoms with Gasteiger partial charge in [-0.05, 0) is 29.8 Å². The molecule has 2 aromatic rings. The second-order valence-electron chi connectivity index (χ2n) is 3.59. The van der Waals surface area contributed by atoms with Crippen molar-refractivity contribution in [2.45, 2.75) is 0 Å². The molecule has 1 heterocycles. The van der Waals surface area contributed by atoms with Crippen LogP contribution in [0.25, 0.3) is 0 Å². The van der Waals surface area contributed by atoms with Crippen LogP contribution >= 0.6 is 0 Å². The predicted octanol–water partition coefficient (Wildman–Crippen LogP) is 0.239. The molecule has 2 rings (SSSR count). The number of phenolic OH excluding ortho intramolecular Hbond substituents is 1. The first-order valence-electron chi connectivity index (χ1n) is 5.32. The number of hydrogen-bond acceptors (Lipinski definition) is 5. The summed E-state index contributed by atoms with van der Waals surface area (Å²) < 4.78 is 0. The first-order valence-corrected chi connectivity index (χ1v) is 5.32. The van der Waals surface area contributed by atoms with Crippen LogP contribution in [-0.4, -0.2) is 27.2 Å². The van der Waals surface area contributed by atoms with Crippen LogP contribution in [0.2, 0.25) is 0 Å². The molecule has 0 bridgehead atoms. The van der Waals surface area contributed by atoms with E-state index in [9.17, 15) is 9.59 Å². The van der Waals surface area contributed by atoms with Crippen molar-refractivity contribution in [3.63, 3.8) is 0 Å². The molecule has 0 saturated carbocycles. The van der Waals surface area contributed by atoms with Crippen molar-refractivity contribution in [3.05, 3.63) is 58.3 Å². The average Bonchev–Trinajstić information content (AvgIpc) is 2.41. The molecular weight excluding hydrogens is 248 g/mol. The number of rotatable bonds is 3. The molecule has 3 N–H and O–H groups in total. The summed E-state index contributed by atoms with van der Waals surface area (Å²) in [6.45, 7) is 0. The SMILES string of the molecule is O=C(N/N=C/c1ccc(O)cc1)c1cnc[nH]c1=O. The molecule has 1 aromatic carbocycles. The maximum Gasteiger partial charge on any atom is 0.278 e. The first-order chi connectivity index (χ1) is 9.16. The molecule has 0 saturated heterocycles. The number of amides is 1. The summed E-state index contributed by atoms with van der Waals surface area (Å²) in [4.78, 5) is 28.8. The number of phenols is 1. The number of aromatic nitrogens is 2. The van der Waals surface area contributed by atoms with Gasteiger partial charge in [0.05, 0.1) is 12.5 Å². The molecule has 7 heteroatoms. The third-order valence-electron chi connectivity index (χ3n) is 2.24. The molecule has 0 fully saturated rings. The molecule has 1 aromatic heterocycles. The topological polar surface area (TPSA) is 107 Å². The van der Waals surface area contributed by atoms with Gasteiger partial charge < -0.3 is 10.1 Å². The van der Waals surface area contributed by atoms with Crippen LogP contribution in [0.4, 0.5) is 0 Å². The Morgan fingerprint density at radius 1 is 1.37 bits per heavy atom. The van der Waals surface area contributed by atoms with Gasteiger partial charge in [0.1, 0.15) is 11.3 Å². The summed E-state index contributed by atoms with van der Waals surface area (Å²) in [5, 5.41) is 12.8. The van der Waals surface area contributed by atoms with Crippen LogP contribution in [0.15, 0.2) is 46.7 Å². The lowest BCUT2D eigenvalue weighted by Gasteiger charge is -1.97. The van der Waals surface area contributed by atoms with E-state index in [1.807, 2.05) is 0 Å². The van der Waals surface area contributed by atoms with Gasteiger partial charge in [0, 0.05) is 6.20 Å². The zero-order chi connectivity index (χ0) is 13.7. The van der Waals surface area contributed by atoms with E-state index in [2.05, 4.69) is 20.5 Å². The first kappa shape index (κ1) is 12.5. The van der Waals surface area contributed by atoms with Gasteiger partial charge in [-0.3, -0.25) is 9.59 Å². The zero-order valence-electron chi connectivity index (χ0n) is 9.70. The van der Waals surface area contributed by atoms with E-state index in [0.29, 0.717) is 5.56 Å². The average molecular weight is 258 g/mol. The summed E-state index contributed by atoms with van der Waals surface area (Å²) in [5.41, 5.74) is 2.25. The third-order valence-corrected chi connectivity index (χ3v) is 2.24. The lowest BCUT2D eigenvalue weighted by Crippen LogP contribution is -2.26. The van der Waals surface area contributed by atoms with Crippen molar-refractivity contribution in [2.24, 2.45) is 5.10 Å². The fraction of sp³-hybridized carbons (Fsp3) is 0. The zero-order valence-corrected chi connectivity index (χ0v) is 9.70. The van der Waals surface area contributed by atoms with Gasteiger partial charge in [0.25, 0.3) is 11.5 Å². The van der Waals surface area contributed by atoms with E-state index in [0.717, 1.165) is 6.20 Å². The van der Waals surface area contributed by atoms with Gasteiger partial charge in [0.15, 0.2) is 0 Å². The fourth-order valence-electron chi connectivity index (χ4n) is 1.29. The van der Waals surface area contributed by atoms with Crippen molar-refractivity contribution in [3.8, 4) is 5.75 Å². The summed E-state index contributed by atoms with van der Waals surface area (Å²) in [6.07, 6.45) is 3.74. The minimum atomic E-state index is -0.649. The molecule has 19 heavy (non-hydrogen) atoms. The molecule has 0 unspecified atom stereocenters. The van der Waals surface area contributed by atoms with E-state index in [1.54, 1.807) is 12.1 Å². The number of hydrazone groups is 1. The Labute approximate surface area is 107 Å². The number of nitrogens with one attached hydrogen (secondary N) is 2. The Bertz CT molecular complexity index is 661. The molecule has 0 radical (unpaired) electrons. The summed E-state index contributed by atoms with van der Waals surface area (Å²) in [5.74, 6) is -0.507. The summed E-state index contributed by atoms with van der Waals surface area (Å²) in [6, 6.07) is 6.24. The van der Waals surface area contributed by atoms with Crippen molar-refractivity contribution in [1.29, 1.82) is 0 Å². The van der Waals surface area contributed by atoms with Crippen LogP contribution in [0.3, 0.4) is 0 Å². The Kier molecular flexibility index (Phi) is 3.67. The lowest BCUT2D eigenvalue weighted by atomic mass is 10.2. The standard InChI is InChI=1S/C12H10N4O3/c17-9-3-1-8(2-4-9)5-15-16-12(19)10-6-13-7-14-11(10)18/h1-7,17H,(H,16,19)(H,13,14,18)/b15-5+. The monoisotopic (exact) mass is 258 g/mol. The number of nitrogens with zero attached hydrogens (tertiary/aromatic N) is 2. The molecule has 0 spiro atoms. The van der Waals surface area contributed by atoms with Gasteiger partial charge in [0.2, 0.25) is 0 Å². The number of carbonyl (C=O) groups excluding carboxylic acids is 1. The molecule has 1 amide bonds. The van der Waals surface area contributed by atoms with Gasteiger partial charge in [-0.15, -0.1) is 0 Å². The van der Waals surface area contributed by atoms with Crippen molar-refractivity contribution < 1.29 is 9.90 Å². The van der Waals surface area contributed by atoms with Gasteiger partial charge in [-0.2, -0.15) is 5.10 Å². The van der Waals surface area contributed by atoms with Crippen molar-refractivity contribution >= 4 is 12.1 Å². The van der Waals surface area contributed by atoms with E-state index in [1.165, 1.54) is 24.7 Å². The lowest BCUT2D eigenvalue weighted by molar-refractivity contribution is 0.0953. The molecule has 0 atom stereocenters. The largest absolute Gasteiger partial charge is 0.508 e. The molecule has 0 aliphatic heterocycles. The molecule has 7 nitrogen and oxygen atoms in total. The van der Waals surface area contributed by atoms with Crippen molar-refractivity contribution in [1.82, 2.24) is 15.4 Å². The Balaban J connectivity index is 2.03.